The van der Waals surface area contributed by atoms with E-state index in [9.17, 15) is 9.59 Å². The Morgan fingerprint density at radius 1 is 1.20 bits per heavy atom. The quantitative estimate of drug-likeness (QED) is 0.431. The third kappa shape index (κ3) is 3.26. The highest BCUT2D eigenvalue weighted by molar-refractivity contribution is 9.10. The second kappa shape index (κ2) is 6.67. The number of carbonyl (C=O) groups is 2. The molecule has 6 heteroatoms. The largest absolute Gasteiger partial charge is 0.396 e. The number of aliphatic hydroxyl groups excluding tert-OH is 1. The molecular formula is C14H15BrN2O3. The second-order valence-electron chi connectivity index (χ2n) is 4.42. The zero-order valence-corrected chi connectivity index (χ0v) is 12.4. The maximum Gasteiger partial charge on any atom is 0.260 e. The zero-order valence-electron chi connectivity index (χ0n) is 10.8. The molecule has 0 radical (unpaired) electrons. The Hall–Kier alpha value is -1.66. The standard InChI is InChI=1S/C14H15BrN2O3/c15-9-3-4-10-11(7-9)12(14(20)17-13(10)19)8-16-5-1-2-6-18/h3-4,7-8,16,18H,1-2,5-6H2,(H,17,19,20)/b12-8-. The van der Waals surface area contributed by atoms with Gasteiger partial charge in [-0.1, -0.05) is 15.9 Å². The van der Waals surface area contributed by atoms with Gasteiger partial charge < -0.3 is 10.4 Å². The van der Waals surface area contributed by atoms with E-state index in [1.54, 1.807) is 24.4 Å². The fourth-order valence-electron chi connectivity index (χ4n) is 1.95. The predicted octanol–water partition coefficient (Wildman–Crippen LogP) is 1.42. The lowest BCUT2D eigenvalue weighted by Gasteiger charge is -2.18. The molecule has 106 valence electrons. The molecule has 2 amide bonds. The van der Waals surface area contributed by atoms with Crippen LogP contribution in [0.2, 0.25) is 0 Å². The molecule has 1 aromatic carbocycles. The summed E-state index contributed by atoms with van der Waals surface area (Å²) in [7, 11) is 0. The highest BCUT2D eigenvalue weighted by Crippen LogP contribution is 2.26. The van der Waals surface area contributed by atoms with E-state index in [1.807, 2.05) is 0 Å². The van der Waals surface area contributed by atoms with E-state index in [-0.39, 0.29) is 12.5 Å². The first-order valence-electron chi connectivity index (χ1n) is 6.33. The number of halogens is 1. The predicted molar refractivity (Wildman–Crippen MR) is 78.9 cm³/mol. The van der Waals surface area contributed by atoms with Gasteiger partial charge in [0.25, 0.3) is 11.8 Å². The molecule has 0 unspecified atom stereocenters. The number of benzene rings is 1. The number of imide groups is 1. The van der Waals surface area contributed by atoms with Gasteiger partial charge in [-0.3, -0.25) is 14.9 Å². The molecule has 0 aliphatic carbocycles. The molecule has 0 bridgehead atoms. The van der Waals surface area contributed by atoms with E-state index in [2.05, 4.69) is 26.6 Å². The van der Waals surface area contributed by atoms with Crippen molar-refractivity contribution >= 4 is 33.3 Å². The Balaban J connectivity index is 2.22. The number of hydrogen-bond donors (Lipinski definition) is 3. The summed E-state index contributed by atoms with van der Waals surface area (Å²) in [5.74, 6) is -0.787. The van der Waals surface area contributed by atoms with Gasteiger partial charge in [0.2, 0.25) is 0 Å². The molecule has 3 N–H and O–H groups in total. The number of nitrogens with one attached hydrogen (secondary N) is 2. The Bertz CT molecular complexity index is 570. The summed E-state index contributed by atoms with van der Waals surface area (Å²) in [5, 5.41) is 14.0. The molecule has 1 aromatic rings. The van der Waals surface area contributed by atoms with Crippen LogP contribution in [-0.2, 0) is 4.79 Å². The molecule has 1 aliphatic heterocycles. The number of fused-ring (bicyclic) bond motifs is 1. The van der Waals surface area contributed by atoms with Crippen molar-refractivity contribution in [3.8, 4) is 0 Å². The van der Waals surface area contributed by atoms with Crippen molar-refractivity contribution in [2.75, 3.05) is 13.2 Å². The molecule has 5 nitrogen and oxygen atoms in total. The smallest absolute Gasteiger partial charge is 0.260 e. The summed E-state index contributed by atoms with van der Waals surface area (Å²) >= 11 is 3.34. The minimum Gasteiger partial charge on any atom is -0.396 e. The first-order chi connectivity index (χ1) is 9.63. The van der Waals surface area contributed by atoms with Gasteiger partial charge in [-0.2, -0.15) is 0 Å². The number of carbonyl (C=O) groups excluding carboxylic acids is 2. The number of rotatable bonds is 5. The van der Waals surface area contributed by atoms with Crippen LogP contribution in [0.1, 0.15) is 28.8 Å². The first-order valence-corrected chi connectivity index (χ1v) is 7.13. The van der Waals surface area contributed by atoms with Gasteiger partial charge in [0.15, 0.2) is 0 Å². The van der Waals surface area contributed by atoms with Gasteiger partial charge >= 0.3 is 0 Å². The van der Waals surface area contributed by atoms with Crippen molar-refractivity contribution in [3.05, 3.63) is 40.0 Å². The van der Waals surface area contributed by atoms with Crippen molar-refractivity contribution in [1.82, 2.24) is 10.6 Å². The molecule has 0 saturated carbocycles. The van der Waals surface area contributed by atoms with E-state index in [0.29, 0.717) is 29.7 Å². The highest BCUT2D eigenvalue weighted by atomic mass is 79.9. The second-order valence-corrected chi connectivity index (χ2v) is 5.33. The van der Waals surface area contributed by atoms with Crippen LogP contribution in [0.4, 0.5) is 0 Å². The summed E-state index contributed by atoms with van der Waals surface area (Å²) < 4.78 is 0.810. The first kappa shape index (κ1) is 14.7. The van der Waals surface area contributed by atoms with Crippen LogP contribution < -0.4 is 10.6 Å². The molecule has 1 heterocycles. The summed E-state index contributed by atoms with van der Waals surface area (Å²) in [6.07, 6.45) is 3.14. The van der Waals surface area contributed by atoms with E-state index in [0.717, 1.165) is 10.9 Å². The SMILES string of the molecule is O=C1NC(=O)c2ccc(Br)cc2/C1=C/NCCCCO. The van der Waals surface area contributed by atoms with Crippen molar-refractivity contribution < 1.29 is 14.7 Å². The minimum absolute atomic E-state index is 0.156. The van der Waals surface area contributed by atoms with Gasteiger partial charge in [-0.25, -0.2) is 0 Å². The molecule has 0 saturated heterocycles. The zero-order chi connectivity index (χ0) is 14.5. The third-order valence-corrected chi connectivity index (χ3v) is 3.46. The van der Waals surface area contributed by atoms with Crippen LogP contribution in [0.3, 0.4) is 0 Å². The molecule has 0 aromatic heterocycles. The van der Waals surface area contributed by atoms with E-state index in [1.165, 1.54) is 0 Å². The van der Waals surface area contributed by atoms with Gasteiger partial charge in [0.1, 0.15) is 0 Å². The maximum absolute atomic E-state index is 11.9. The Morgan fingerprint density at radius 2 is 2.00 bits per heavy atom. The van der Waals surface area contributed by atoms with Gasteiger partial charge in [-0.15, -0.1) is 0 Å². The lowest BCUT2D eigenvalue weighted by atomic mass is 9.96. The Kier molecular flexibility index (Phi) is 4.92. The molecule has 0 atom stereocenters. The average molecular weight is 339 g/mol. The van der Waals surface area contributed by atoms with Crippen molar-refractivity contribution in [2.24, 2.45) is 0 Å². The average Bonchev–Trinajstić information content (AvgIpc) is 2.41. The number of aliphatic hydroxyl groups is 1. The van der Waals surface area contributed by atoms with Gasteiger partial charge in [0.05, 0.1) is 5.57 Å². The minimum atomic E-state index is -0.407. The summed E-state index contributed by atoms with van der Waals surface area (Å²) in [6.45, 7) is 0.817. The van der Waals surface area contributed by atoms with Crippen LogP contribution in [-0.4, -0.2) is 30.1 Å². The van der Waals surface area contributed by atoms with Crippen LogP contribution in [0.15, 0.2) is 28.9 Å². The summed E-state index contributed by atoms with van der Waals surface area (Å²) in [6, 6.07) is 5.20. The molecular weight excluding hydrogens is 324 g/mol. The van der Waals surface area contributed by atoms with E-state index >= 15 is 0 Å². The van der Waals surface area contributed by atoms with Crippen LogP contribution in [0, 0.1) is 0 Å². The topological polar surface area (TPSA) is 78.4 Å². The highest BCUT2D eigenvalue weighted by Gasteiger charge is 2.27. The number of amides is 2. The van der Waals surface area contributed by atoms with Gasteiger partial charge in [0, 0.05) is 35.0 Å². The third-order valence-electron chi connectivity index (χ3n) is 2.96. The van der Waals surface area contributed by atoms with Crippen molar-refractivity contribution in [1.29, 1.82) is 0 Å². The van der Waals surface area contributed by atoms with Crippen LogP contribution in [0.25, 0.3) is 5.57 Å². The van der Waals surface area contributed by atoms with E-state index < -0.39 is 5.91 Å². The number of hydrogen-bond acceptors (Lipinski definition) is 4. The Labute approximate surface area is 125 Å². The molecule has 20 heavy (non-hydrogen) atoms. The lowest BCUT2D eigenvalue weighted by Crippen LogP contribution is -2.37. The molecule has 0 spiro atoms. The van der Waals surface area contributed by atoms with Crippen molar-refractivity contribution in [3.63, 3.8) is 0 Å². The van der Waals surface area contributed by atoms with Crippen LogP contribution in [0.5, 0.6) is 0 Å². The van der Waals surface area contributed by atoms with E-state index in [4.69, 9.17) is 5.11 Å². The fourth-order valence-corrected chi connectivity index (χ4v) is 2.31. The molecule has 1 aliphatic rings. The maximum atomic E-state index is 11.9. The molecule has 2 rings (SSSR count). The normalized spacial score (nSPS) is 16.0. The summed E-state index contributed by atoms with van der Waals surface area (Å²) in [4.78, 5) is 23.6. The monoisotopic (exact) mass is 338 g/mol. The summed E-state index contributed by atoms with van der Waals surface area (Å²) in [5.41, 5.74) is 1.53. The molecule has 0 fully saturated rings. The van der Waals surface area contributed by atoms with Crippen LogP contribution >= 0.6 is 15.9 Å². The fraction of sp³-hybridized carbons (Fsp3) is 0.286. The Morgan fingerprint density at radius 3 is 2.75 bits per heavy atom. The number of unbranched alkanes of at least 4 members (excludes halogenated alkanes) is 1. The lowest BCUT2D eigenvalue weighted by molar-refractivity contribution is -0.114. The van der Waals surface area contributed by atoms with Crippen molar-refractivity contribution in [2.45, 2.75) is 12.8 Å². The van der Waals surface area contributed by atoms with Gasteiger partial charge in [-0.05, 0) is 31.0 Å².